The first-order valence-corrected chi connectivity index (χ1v) is 9.50. The van der Waals surface area contributed by atoms with Crippen LogP contribution in [0.3, 0.4) is 0 Å². The summed E-state index contributed by atoms with van der Waals surface area (Å²) in [4.78, 5) is 0. The van der Waals surface area contributed by atoms with Gasteiger partial charge >= 0.3 is 0 Å². The minimum Gasteiger partial charge on any atom is -0.405 e. The van der Waals surface area contributed by atoms with Gasteiger partial charge in [0.05, 0.1) is 0 Å². The molecule has 3 rings (SSSR count). The largest absolute Gasteiger partial charge is 0.405 e. The monoisotopic (exact) mass is 303 g/mol. The normalized spacial score (nSPS) is 11.3. The summed E-state index contributed by atoms with van der Waals surface area (Å²) in [5.41, 5.74) is 0. The average Bonchev–Trinajstić information content (AvgIpc) is 2.62. The third-order valence-electron chi connectivity index (χ3n) is 3.85. The van der Waals surface area contributed by atoms with Crippen LogP contribution in [0.25, 0.3) is 0 Å². The van der Waals surface area contributed by atoms with Gasteiger partial charge in [-0.1, -0.05) is 84.9 Å². The SMILES string of the molecule is CCO[Si](c1cc[c]cc1)(c1ccccc1)c1ccccc1. The fourth-order valence-electron chi connectivity index (χ4n) is 2.93. The number of benzene rings is 3. The lowest BCUT2D eigenvalue weighted by Crippen LogP contribution is -2.69. The van der Waals surface area contributed by atoms with Gasteiger partial charge in [0.1, 0.15) is 0 Å². The lowest BCUT2D eigenvalue weighted by molar-refractivity contribution is 0.347. The van der Waals surface area contributed by atoms with Gasteiger partial charge < -0.3 is 4.43 Å². The van der Waals surface area contributed by atoms with Crippen molar-refractivity contribution in [2.75, 3.05) is 6.61 Å². The molecule has 0 aliphatic heterocycles. The van der Waals surface area contributed by atoms with Crippen molar-refractivity contribution in [3.8, 4) is 0 Å². The van der Waals surface area contributed by atoms with E-state index in [4.69, 9.17) is 4.43 Å². The van der Waals surface area contributed by atoms with Crippen LogP contribution < -0.4 is 15.6 Å². The summed E-state index contributed by atoms with van der Waals surface area (Å²) in [6, 6.07) is 32.6. The Morgan fingerprint density at radius 3 is 1.64 bits per heavy atom. The summed E-state index contributed by atoms with van der Waals surface area (Å²) in [6.07, 6.45) is 0. The van der Waals surface area contributed by atoms with E-state index in [-0.39, 0.29) is 0 Å². The van der Waals surface area contributed by atoms with Crippen molar-refractivity contribution in [1.29, 1.82) is 0 Å². The first-order chi connectivity index (χ1) is 10.9. The molecule has 0 aliphatic carbocycles. The highest BCUT2D eigenvalue weighted by atomic mass is 28.4. The number of rotatable bonds is 5. The van der Waals surface area contributed by atoms with Crippen molar-refractivity contribution < 1.29 is 4.43 Å². The van der Waals surface area contributed by atoms with E-state index in [2.05, 4.69) is 85.8 Å². The topological polar surface area (TPSA) is 9.23 Å². The molecule has 0 N–H and O–H groups in total. The van der Waals surface area contributed by atoms with Gasteiger partial charge in [0, 0.05) is 6.61 Å². The molecule has 3 aromatic carbocycles. The summed E-state index contributed by atoms with van der Waals surface area (Å²) < 4.78 is 6.51. The second kappa shape index (κ2) is 6.73. The van der Waals surface area contributed by atoms with E-state index in [9.17, 15) is 0 Å². The second-order valence-corrected chi connectivity index (χ2v) is 8.52. The Morgan fingerprint density at radius 2 is 1.18 bits per heavy atom. The third-order valence-corrected chi connectivity index (χ3v) is 8.01. The van der Waals surface area contributed by atoms with Crippen LogP contribution in [0, 0.1) is 6.07 Å². The van der Waals surface area contributed by atoms with E-state index in [0.29, 0.717) is 6.61 Å². The maximum Gasteiger partial charge on any atom is 0.288 e. The molecule has 1 radical (unpaired) electrons. The molecule has 0 bridgehead atoms. The third kappa shape index (κ3) is 2.63. The molecule has 0 aromatic heterocycles. The van der Waals surface area contributed by atoms with Crippen LogP contribution in [0.1, 0.15) is 6.92 Å². The second-order valence-electron chi connectivity index (χ2n) is 5.13. The van der Waals surface area contributed by atoms with Gasteiger partial charge in [-0.2, -0.15) is 0 Å². The van der Waals surface area contributed by atoms with E-state index in [1.54, 1.807) is 0 Å². The van der Waals surface area contributed by atoms with Crippen molar-refractivity contribution in [2.24, 2.45) is 0 Å². The molecular formula is C20H19OSi. The first-order valence-electron chi connectivity index (χ1n) is 7.59. The Labute approximate surface area is 133 Å². The Kier molecular flexibility index (Phi) is 4.52. The quantitative estimate of drug-likeness (QED) is 0.520. The predicted octanol–water partition coefficient (Wildman–Crippen LogP) is 2.49. The standard InChI is InChI=1S/C20H19OSi/c1-2-21-22(18-12-6-3-7-13-18,19-14-8-4-9-15-19)20-16-10-5-11-17-20/h3-4,6-17H,2H2,1H3. The maximum atomic E-state index is 6.51. The maximum absolute atomic E-state index is 6.51. The zero-order valence-corrected chi connectivity index (χ0v) is 13.7. The number of hydrogen-bond donors (Lipinski definition) is 0. The van der Waals surface area contributed by atoms with Crippen molar-refractivity contribution in [3.05, 3.63) is 91.0 Å². The van der Waals surface area contributed by atoms with Crippen LogP contribution in [-0.2, 0) is 4.43 Å². The highest BCUT2D eigenvalue weighted by Gasteiger charge is 2.41. The molecule has 0 aliphatic rings. The predicted molar refractivity (Wildman–Crippen MR) is 94.4 cm³/mol. The molecule has 0 spiro atoms. The zero-order chi connectivity index (χ0) is 15.3. The van der Waals surface area contributed by atoms with Gasteiger partial charge in [0.25, 0.3) is 8.32 Å². The van der Waals surface area contributed by atoms with Crippen LogP contribution in [-0.4, -0.2) is 14.9 Å². The van der Waals surface area contributed by atoms with Gasteiger partial charge in [0.15, 0.2) is 0 Å². The average molecular weight is 303 g/mol. The molecular weight excluding hydrogens is 284 g/mol. The van der Waals surface area contributed by atoms with E-state index in [1.165, 1.54) is 15.6 Å². The van der Waals surface area contributed by atoms with Crippen LogP contribution in [0.15, 0.2) is 84.9 Å². The van der Waals surface area contributed by atoms with E-state index in [1.807, 2.05) is 12.1 Å². The van der Waals surface area contributed by atoms with Gasteiger partial charge in [-0.05, 0) is 28.6 Å². The van der Waals surface area contributed by atoms with Gasteiger partial charge in [-0.3, -0.25) is 0 Å². The summed E-state index contributed by atoms with van der Waals surface area (Å²) in [6.45, 7) is 2.76. The Balaban J connectivity index is 2.29. The fraction of sp³-hybridized carbons (Fsp3) is 0.100. The van der Waals surface area contributed by atoms with E-state index in [0.717, 1.165) is 0 Å². The highest BCUT2D eigenvalue weighted by molar-refractivity contribution is 7.07. The number of hydrogen-bond acceptors (Lipinski definition) is 1. The minimum atomic E-state index is -2.44. The molecule has 3 aromatic rings. The lowest BCUT2D eigenvalue weighted by atomic mass is 10.3. The summed E-state index contributed by atoms with van der Waals surface area (Å²) >= 11 is 0. The van der Waals surface area contributed by atoms with Crippen LogP contribution in [0.5, 0.6) is 0 Å². The molecule has 0 fully saturated rings. The molecule has 0 heterocycles. The smallest absolute Gasteiger partial charge is 0.288 e. The van der Waals surface area contributed by atoms with Crippen molar-refractivity contribution >= 4 is 23.9 Å². The van der Waals surface area contributed by atoms with E-state index >= 15 is 0 Å². The van der Waals surface area contributed by atoms with E-state index < -0.39 is 8.32 Å². The Hall–Kier alpha value is -2.16. The lowest BCUT2D eigenvalue weighted by Gasteiger charge is -2.32. The van der Waals surface area contributed by atoms with Gasteiger partial charge in [0.2, 0.25) is 0 Å². The Morgan fingerprint density at radius 1 is 0.727 bits per heavy atom. The van der Waals surface area contributed by atoms with Crippen LogP contribution in [0.2, 0.25) is 0 Å². The van der Waals surface area contributed by atoms with Crippen LogP contribution >= 0.6 is 0 Å². The summed E-state index contributed by atoms with van der Waals surface area (Å²) in [5, 5.41) is 3.80. The molecule has 2 heteroatoms. The fourth-order valence-corrected chi connectivity index (χ4v) is 6.83. The molecule has 0 saturated carbocycles. The first kappa shape index (κ1) is 14.8. The molecule has 0 unspecified atom stereocenters. The van der Waals surface area contributed by atoms with Gasteiger partial charge in [-0.15, -0.1) is 0 Å². The highest BCUT2D eigenvalue weighted by Crippen LogP contribution is 2.09. The van der Waals surface area contributed by atoms with Crippen LogP contribution in [0.4, 0.5) is 0 Å². The zero-order valence-electron chi connectivity index (χ0n) is 12.7. The molecule has 22 heavy (non-hydrogen) atoms. The molecule has 1 nitrogen and oxygen atoms in total. The van der Waals surface area contributed by atoms with Crippen molar-refractivity contribution in [2.45, 2.75) is 6.92 Å². The van der Waals surface area contributed by atoms with Crippen molar-refractivity contribution in [1.82, 2.24) is 0 Å². The van der Waals surface area contributed by atoms with Gasteiger partial charge in [-0.25, -0.2) is 0 Å². The Bertz CT molecular complexity index is 599. The summed E-state index contributed by atoms with van der Waals surface area (Å²) in [5.74, 6) is 0. The molecule has 0 saturated heterocycles. The minimum absolute atomic E-state index is 0.689. The molecule has 0 atom stereocenters. The molecule has 0 amide bonds. The summed E-state index contributed by atoms with van der Waals surface area (Å²) in [7, 11) is -2.44. The molecule has 109 valence electrons. The van der Waals surface area contributed by atoms with Crippen molar-refractivity contribution in [3.63, 3.8) is 0 Å².